The Morgan fingerprint density at radius 3 is 3.08 bits per heavy atom. The summed E-state index contributed by atoms with van der Waals surface area (Å²) in [5.41, 5.74) is 0. The monoisotopic (exact) mass is 180 g/mol. The Bertz CT molecular complexity index is 233. The van der Waals surface area contributed by atoms with Gasteiger partial charge in [-0.2, -0.15) is 0 Å². The molecule has 1 heterocycles. The zero-order valence-corrected chi connectivity index (χ0v) is 8.23. The van der Waals surface area contributed by atoms with Crippen LogP contribution in [0.3, 0.4) is 0 Å². The fourth-order valence-corrected chi connectivity index (χ4v) is 1.34. The zero-order chi connectivity index (χ0) is 9.68. The Kier molecular flexibility index (Phi) is 3.68. The highest BCUT2D eigenvalue weighted by molar-refractivity contribution is 5.74. The van der Waals surface area contributed by atoms with Gasteiger partial charge in [-0.3, -0.25) is 9.79 Å². The average molecular weight is 180 g/mol. The first-order valence-electron chi connectivity index (χ1n) is 4.62. The predicted molar refractivity (Wildman–Crippen MR) is 53.9 cm³/mol. The van der Waals surface area contributed by atoms with Crippen molar-refractivity contribution >= 4 is 12.1 Å². The highest BCUT2D eigenvalue weighted by atomic mass is 16.2. The van der Waals surface area contributed by atoms with Crippen LogP contribution in [0.1, 0.15) is 13.8 Å². The third-order valence-corrected chi connectivity index (χ3v) is 2.08. The van der Waals surface area contributed by atoms with Gasteiger partial charge in [-0.1, -0.05) is 13.0 Å². The molecule has 0 aromatic heterocycles. The van der Waals surface area contributed by atoms with Crippen LogP contribution in [0.5, 0.6) is 0 Å². The zero-order valence-electron chi connectivity index (χ0n) is 8.23. The largest absolute Gasteiger partial charge is 0.341 e. The van der Waals surface area contributed by atoms with Gasteiger partial charge in [0, 0.05) is 26.2 Å². The molecule has 3 nitrogen and oxygen atoms in total. The van der Waals surface area contributed by atoms with Gasteiger partial charge < -0.3 is 4.90 Å². The third kappa shape index (κ3) is 3.40. The van der Waals surface area contributed by atoms with Gasteiger partial charge in [-0.15, -0.1) is 0 Å². The lowest BCUT2D eigenvalue weighted by Crippen LogP contribution is -2.34. The second-order valence-electron chi connectivity index (χ2n) is 3.38. The number of hydrogen-bond acceptors (Lipinski definition) is 2. The lowest BCUT2D eigenvalue weighted by molar-refractivity contribution is -0.129. The van der Waals surface area contributed by atoms with Crippen molar-refractivity contribution in [2.75, 3.05) is 19.6 Å². The normalized spacial score (nSPS) is 26.0. The molecule has 0 N–H and O–H groups in total. The van der Waals surface area contributed by atoms with Crippen LogP contribution in [-0.4, -0.2) is 36.7 Å². The van der Waals surface area contributed by atoms with Crippen LogP contribution < -0.4 is 0 Å². The number of rotatable bonds is 0. The SMILES string of the molecule is CC(=O)N1CCN=C/C=C\C(C)C1. The fraction of sp³-hybridized carbons (Fsp3) is 0.600. The molecule has 0 aromatic rings. The molecule has 13 heavy (non-hydrogen) atoms. The van der Waals surface area contributed by atoms with E-state index >= 15 is 0 Å². The molecule has 0 saturated carbocycles. The Morgan fingerprint density at radius 1 is 1.62 bits per heavy atom. The lowest BCUT2D eigenvalue weighted by atomic mass is 10.1. The van der Waals surface area contributed by atoms with E-state index in [-0.39, 0.29) is 5.91 Å². The number of amides is 1. The van der Waals surface area contributed by atoms with Crippen LogP contribution in [0, 0.1) is 5.92 Å². The summed E-state index contributed by atoms with van der Waals surface area (Å²) < 4.78 is 0. The van der Waals surface area contributed by atoms with Gasteiger partial charge >= 0.3 is 0 Å². The second kappa shape index (κ2) is 4.80. The predicted octanol–water partition coefficient (Wildman–Crippen LogP) is 1.11. The van der Waals surface area contributed by atoms with Crippen LogP contribution in [-0.2, 0) is 4.79 Å². The first-order chi connectivity index (χ1) is 6.20. The summed E-state index contributed by atoms with van der Waals surface area (Å²) in [6.07, 6.45) is 5.83. The maximum atomic E-state index is 11.2. The van der Waals surface area contributed by atoms with E-state index in [4.69, 9.17) is 0 Å². The van der Waals surface area contributed by atoms with Crippen molar-refractivity contribution in [3.63, 3.8) is 0 Å². The molecule has 0 fully saturated rings. The van der Waals surface area contributed by atoms with Gasteiger partial charge in [0.15, 0.2) is 0 Å². The molecule has 0 radical (unpaired) electrons. The highest BCUT2D eigenvalue weighted by Gasteiger charge is 2.10. The maximum absolute atomic E-state index is 11.2. The van der Waals surface area contributed by atoms with E-state index in [1.807, 2.05) is 11.0 Å². The number of nitrogens with zero attached hydrogens (tertiary/aromatic N) is 2. The summed E-state index contributed by atoms with van der Waals surface area (Å²) in [6, 6.07) is 0. The molecule has 1 amide bonds. The van der Waals surface area contributed by atoms with Crippen LogP contribution in [0.25, 0.3) is 0 Å². The Hall–Kier alpha value is -1.12. The number of hydrogen-bond donors (Lipinski definition) is 0. The van der Waals surface area contributed by atoms with E-state index in [0.717, 1.165) is 13.1 Å². The minimum atomic E-state index is 0.136. The smallest absolute Gasteiger partial charge is 0.219 e. The minimum absolute atomic E-state index is 0.136. The fourth-order valence-electron chi connectivity index (χ4n) is 1.34. The number of carbonyl (C=O) groups excluding carboxylic acids is 1. The van der Waals surface area contributed by atoms with E-state index in [1.165, 1.54) is 0 Å². The van der Waals surface area contributed by atoms with Crippen molar-refractivity contribution in [2.24, 2.45) is 10.9 Å². The molecular weight excluding hydrogens is 164 g/mol. The third-order valence-electron chi connectivity index (χ3n) is 2.08. The minimum Gasteiger partial charge on any atom is -0.341 e. The molecule has 1 unspecified atom stereocenters. The molecule has 0 spiro atoms. The van der Waals surface area contributed by atoms with Crippen LogP contribution >= 0.6 is 0 Å². The van der Waals surface area contributed by atoms with E-state index < -0.39 is 0 Å². The van der Waals surface area contributed by atoms with Gasteiger partial charge in [0.2, 0.25) is 5.91 Å². The average Bonchev–Trinajstić information content (AvgIpc) is 2.16. The maximum Gasteiger partial charge on any atom is 0.219 e. The number of allylic oxidation sites excluding steroid dienone is 1. The summed E-state index contributed by atoms with van der Waals surface area (Å²) in [7, 11) is 0. The number of carbonyl (C=O) groups is 1. The van der Waals surface area contributed by atoms with Gasteiger partial charge in [0.1, 0.15) is 0 Å². The van der Waals surface area contributed by atoms with Gasteiger partial charge in [-0.25, -0.2) is 0 Å². The van der Waals surface area contributed by atoms with Crippen LogP contribution in [0.15, 0.2) is 17.1 Å². The van der Waals surface area contributed by atoms with Crippen LogP contribution in [0.2, 0.25) is 0 Å². The standard InChI is InChI=1S/C10H16N2O/c1-9-4-3-5-11-6-7-12(8-9)10(2)13/h3-5,9H,6-8H2,1-2H3/b4-3-,11-5?. The van der Waals surface area contributed by atoms with E-state index in [2.05, 4.69) is 18.0 Å². The van der Waals surface area contributed by atoms with Crippen molar-refractivity contribution < 1.29 is 4.79 Å². The van der Waals surface area contributed by atoms with Gasteiger partial charge in [0.25, 0.3) is 0 Å². The summed E-state index contributed by atoms with van der Waals surface area (Å²) in [5.74, 6) is 0.547. The van der Waals surface area contributed by atoms with Gasteiger partial charge in [0.05, 0.1) is 6.54 Å². The van der Waals surface area contributed by atoms with Crippen molar-refractivity contribution in [1.82, 2.24) is 4.90 Å². The summed E-state index contributed by atoms with van der Waals surface area (Å²) in [6.45, 7) is 5.95. The van der Waals surface area contributed by atoms with E-state index in [9.17, 15) is 4.79 Å². The topological polar surface area (TPSA) is 32.7 Å². The first-order valence-corrected chi connectivity index (χ1v) is 4.62. The lowest BCUT2D eigenvalue weighted by Gasteiger charge is -2.21. The Labute approximate surface area is 79.1 Å². The molecule has 1 aliphatic rings. The molecule has 0 aliphatic carbocycles. The van der Waals surface area contributed by atoms with Crippen molar-refractivity contribution in [3.8, 4) is 0 Å². The molecule has 1 atom stereocenters. The molecule has 0 aromatic carbocycles. The quantitative estimate of drug-likeness (QED) is 0.549. The van der Waals surface area contributed by atoms with Crippen molar-refractivity contribution in [2.45, 2.75) is 13.8 Å². The Balaban J connectivity index is 2.62. The van der Waals surface area contributed by atoms with Crippen molar-refractivity contribution in [1.29, 1.82) is 0 Å². The number of aliphatic imine (C=N–C) groups is 1. The molecule has 0 bridgehead atoms. The molecule has 1 aliphatic heterocycles. The highest BCUT2D eigenvalue weighted by Crippen LogP contribution is 2.03. The van der Waals surface area contributed by atoms with Crippen molar-refractivity contribution in [3.05, 3.63) is 12.2 Å². The molecule has 0 saturated heterocycles. The molecular formula is C10H16N2O. The van der Waals surface area contributed by atoms with Gasteiger partial charge in [-0.05, 0) is 12.0 Å². The molecule has 1 rings (SSSR count). The van der Waals surface area contributed by atoms with E-state index in [1.54, 1.807) is 13.1 Å². The summed E-state index contributed by atoms with van der Waals surface area (Å²) in [4.78, 5) is 17.2. The summed E-state index contributed by atoms with van der Waals surface area (Å²) >= 11 is 0. The Morgan fingerprint density at radius 2 is 2.38 bits per heavy atom. The molecule has 3 heteroatoms. The summed E-state index contributed by atoms with van der Waals surface area (Å²) in [5, 5.41) is 0. The molecule has 72 valence electrons. The second-order valence-corrected chi connectivity index (χ2v) is 3.38. The van der Waals surface area contributed by atoms with Crippen LogP contribution in [0.4, 0.5) is 0 Å². The van der Waals surface area contributed by atoms with E-state index in [0.29, 0.717) is 12.5 Å². The first kappa shape index (κ1) is 9.96.